The van der Waals surface area contributed by atoms with Crippen LogP contribution < -0.4 is 10.2 Å². The van der Waals surface area contributed by atoms with E-state index in [0.717, 1.165) is 43.9 Å². The molecule has 0 amide bonds. The van der Waals surface area contributed by atoms with Crippen molar-refractivity contribution in [2.24, 2.45) is 0 Å². The molecule has 3 rings (SSSR count). The van der Waals surface area contributed by atoms with Crippen LogP contribution in [-0.4, -0.2) is 47.2 Å². The molecule has 1 aromatic carbocycles. The Kier molecular flexibility index (Phi) is 7.94. The summed E-state index contributed by atoms with van der Waals surface area (Å²) in [7, 11) is 0. The number of hydrogen-bond acceptors (Lipinski definition) is 6. The first kappa shape index (κ1) is 19.0. The molecule has 1 fully saturated rings. The zero-order valence-electron chi connectivity index (χ0n) is 14.1. The van der Waals surface area contributed by atoms with Crippen LogP contribution in [0.3, 0.4) is 0 Å². The van der Waals surface area contributed by atoms with E-state index in [1.54, 1.807) is 11.8 Å². The molecule has 25 heavy (non-hydrogen) atoms. The lowest BCUT2D eigenvalue weighted by atomic mass is 10.2. The van der Waals surface area contributed by atoms with Crippen LogP contribution in [-0.2, 0) is 4.79 Å². The topological polar surface area (TPSA) is 78.4 Å². The fourth-order valence-electron chi connectivity index (χ4n) is 2.19. The Labute approximate surface area is 152 Å². The van der Waals surface area contributed by atoms with Crippen LogP contribution >= 0.6 is 11.8 Å². The molecule has 0 saturated carbocycles. The molecule has 6 nitrogen and oxygen atoms in total. The summed E-state index contributed by atoms with van der Waals surface area (Å²) >= 11 is 1.60. The van der Waals surface area contributed by atoms with E-state index < -0.39 is 5.97 Å². The number of hydrogen-bond donors (Lipinski definition) is 2. The summed E-state index contributed by atoms with van der Waals surface area (Å²) in [5.41, 5.74) is 1.19. The predicted molar refractivity (Wildman–Crippen MR) is 102 cm³/mol. The Morgan fingerprint density at radius 2 is 1.92 bits per heavy atom. The van der Waals surface area contributed by atoms with E-state index in [1.165, 1.54) is 5.56 Å². The van der Waals surface area contributed by atoms with Crippen molar-refractivity contribution >= 4 is 29.6 Å². The van der Waals surface area contributed by atoms with Crippen molar-refractivity contribution in [1.29, 1.82) is 0 Å². The van der Waals surface area contributed by atoms with E-state index >= 15 is 0 Å². The highest BCUT2D eigenvalue weighted by molar-refractivity contribution is 8.02. The number of benzene rings is 1. The second kappa shape index (κ2) is 10.5. The smallest absolute Gasteiger partial charge is 0.300 e. The maximum Gasteiger partial charge on any atom is 0.300 e. The van der Waals surface area contributed by atoms with Gasteiger partial charge in [-0.25, -0.2) is 4.98 Å². The van der Waals surface area contributed by atoms with Crippen molar-refractivity contribution in [3.8, 4) is 0 Å². The molecule has 1 aliphatic rings. The molecule has 0 bridgehead atoms. The summed E-state index contributed by atoms with van der Waals surface area (Å²) in [4.78, 5) is 20.3. The van der Waals surface area contributed by atoms with Crippen LogP contribution in [0.1, 0.15) is 12.5 Å². The summed E-state index contributed by atoms with van der Waals surface area (Å²) in [6, 6.07) is 10.3. The van der Waals surface area contributed by atoms with Crippen LogP contribution in [0.2, 0.25) is 0 Å². The van der Waals surface area contributed by atoms with E-state index in [4.69, 9.17) is 9.90 Å². The van der Waals surface area contributed by atoms with Crippen molar-refractivity contribution < 1.29 is 9.90 Å². The number of anilines is 1. The number of carboxylic acids is 1. The maximum atomic E-state index is 9.00. The number of nitrogens with zero attached hydrogens (tertiary/aromatic N) is 3. The summed E-state index contributed by atoms with van der Waals surface area (Å²) in [5.74, 6) is 0.134. The van der Waals surface area contributed by atoms with Gasteiger partial charge in [0.1, 0.15) is 10.8 Å². The van der Waals surface area contributed by atoms with Gasteiger partial charge in [0.05, 0.1) is 12.4 Å². The van der Waals surface area contributed by atoms with E-state index in [0.29, 0.717) is 0 Å². The summed E-state index contributed by atoms with van der Waals surface area (Å²) in [5, 5.41) is 13.7. The van der Waals surface area contributed by atoms with Crippen LogP contribution in [0.25, 0.3) is 6.08 Å². The third kappa shape index (κ3) is 7.36. The minimum absolute atomic E-state index is 0.833. The van der Waals surface area contributed by atoms with E-state index in [1.807, 2.05) is 30.6 Å². The van der Waals surface area contributed by atoms with Crippen molar-refractivity contribution in [2.45, 2.75) is 11.9 Å². The van der Waals surface area contributed by atoms with E-state index in [2.05, 4.69) is 43.8 Å². The fraction of sp³-hybridized carbons (Fsp3) is 0.278. The maximum absolute atomic E-state index is 9.00. The van der Waals surface area contributed by atoms with Gasteiger partial charge < -0.3 is 15.3 Å². The number of aromatic nitrogens is 2. The second-order valence-corrected chi connectivity index (χ2v) is 6.23. The Bertz CT molecular complexity index is 684. The average Bonchev–Trinajstić information content (AvgIpc) is 2.63. The van der Waals surface area contributed by atoms with Crippen molar-refractivity contribution in [2.75, 3.05) is 31.1 Å². The molecular formula is C18H22N4O2S. The van der Waals surface area contributed by atoms with Gasteiger partial charge in [-0.15, -0.1) is 0 Å². The highest BCUT2D eigenvalue weighted by Crippen LogP contribution is 2.20. The Morgan fingerprint density at radius 1 is 1.24 bits per heavy atom. The molecule has 7 heteroatoms. The number of piperazine rings is 1. The molecule has 1 aliphatic heterocycles. The molecule has 1 saturated heterocycles. The van der Waals surface area contributed by atoms with E-state index in [-0.39, 0.29) is 0 Å². The summed E-state index contributed by atoms with van der Waals surface area (Å²) in [6.45, 7) is 5.07. The van der Waals surface area contributed by atoms with Crippen molar-refractivity contribution in [3.05, 3.63) is 53.7 Å². The standard InChI is InChI=1S/C16H18N4S.C2H4O2/c1-2-4-14(5-3-1)6-11-21-16-13-18-12-15(19-16)20-9-7-17-8-10-20;1-2(3)4/h1-6,11-13,17H,7-10H2;1H3,(H,3,4). The minimum Gasteiger partial charge on any atom is -0.481 e. The lowest BCUT2D eigenvalue weighted by Gasteiger charge is -2.28. The quantitative estimate of drug-likeness (QED) is 0.814. The van der Waals surface area contributed by atoms with Crippen molar-refractivity contribution in [3.63, 3.8) is 0 Å². The molecule has 0 atom stereocenters. The van der Waals surface area contributed by atoms with Gasteiger partial charge in [0, 0.05) is 33.1 Å². The Hall–Kier alpha value is -2.38. The molecule has 2 aromatic rings. The summed E-state index contributed by atoms with van der Waals surface area (Å²) in [6.07, 6.45) is 5.74. The normalized spacial score (nSPS) is 14.0. The SMILES string of the molecule is C(=Cc1ccccc1)Sc1cncc(N2CCNCC2)n1.CC(=O)O. The fourth-order valence-corrected chi connectivity index (χ4v) is 2.82. The lowest BCUT2D eigenvalue weighted by Crippen LogP contribution is -2.43. The molecule has 1 aromatic heterocycles. The molecular weight excluding hydrogens is 336 g/mol. The first-order valence-electron chi connectivity index (χ1n) is 8.00. The predicted octanol–water partition coefficient (Wildman–Crippen LogP) is 2.74. The molecule has 132 valence electrons. The number of carboxylic acid groups (broad SMARTS) is 1. The van der Waals surface area contributed by atoms with Crippen LogP contribution in [0, 0.1) is 0 Å². The molecule has 0 unspecified atom stereocenters. The van der Waals surface area contributed by atoms with Gasteiger partial charge >= 0.3 is 0 Å². The molecule has 0 radical (unpaired) electrons. The zero-order valence-corrected chi connectivity index (χ0v) is 14.9. The number of rotatable bonds is 4. The van der Waals surface area contributed by atoms with Gasteiger partial charge in [0.25, 0.3) is 5.97 Å². The van der Waals surface area contributed by atoms with Crippen LogP contribution in [0.5, 0.6) is 0 Å². The van der Waals surface area contributed by atoms with Gasteiger partial charge in [-0.2, -0.15) is 0 Å². The zero-order chi connectivity index (χ0) is 17.9. The number of nitrogens with one attached hydrogen (secondary N) is 1. The third-order valence-corrected chi connectivity index (χ3v) is 4.00. The number of carbonyl (C=O) groups is 1. The van der Waals surface area contributed by atoms with Gasteiger partial charge in [-0.1, -0.05) is 42.1 Å². The average molecular weight is 358 g/mol. The largest absolute Gasteiger partial charge is 0.481 e. The molecule has 0 spiro atoms. The molecule has 0 aliphatic carbocycles. The van der Waals surface area contributed by atoms with Gasteiger partial charge in [-0.05, 0) is 17.0 Å². The summed E-state index contributed by atoms with van der Waals surface area (Å²) < 4.78 is 0. The monoisotopic (exact) mass is 358 g/mol. The minimum atomic E-state index is -0.833. The van der Waals surface area contributed by atoms with E-state index in [9.17, 15) is 0 Å². The highest BCUT2D eigenvalue weighted by atomic mass is 32.2. The first-order chi connectivity index (χ1) is 12.1. The number of aliphatic carboxylic acids is 1. The van der Waals surface area contributed by atoms with Crippen LogP contribution in [0.4, 0.5) is 5.82 Å². The third-order valence-electron chi connectivity index (χ3n) is 3.29. The molecule has 2 N–H and O–H groups in total. The number of thioether (sulfide) groups is 1. The highest BCUT2D eigenvalue weighted by Gasteiger charge is 2.12. The van der Waals surface area contributed by atoms with Crippen LogP contribution in [0.15, 0.2) is 53.2 Å². The Morgan fingerprint density at radius 3 is 2.60 bits per heavy atom. The lowest BCUT2D eigenvalue weighted by molar-refractivity contribution is -0.134. The second-order valence-electron chi connectivity index (χ2n) is 5.30. The molecule has 2 heterocycles. The van der Waals surface area contributed by atoms with Gasteiger partial charge in [-0.3, -0.25) is 9.78 Å². The first-order valence-corrected chi connectivity index (χ1v) is 8.88. The van der Waals surface area contributed by atoms with Gasteiger partial charge in [0.15, 0.2) is 0 Å². The van der Waals surface area contributed by atoms with Crippen molar-refractivity contribution in [1.82, 2.24) is 15.3 Å². The van der Waals surface area contributed by atoms with Gasteiger partial charge in [0.2, 0.25) is 0 Å². The Balaban J connectivity index is 0.000000511.